The maximum absolute atomic E-state index is 13.1. The molecule has 1 amide bonds. The van der Waals surface area contributed by atoms with E-state index in [1.165, 1.54) is 11.3 Å². The monoisotopic (exact) mass is 393 g/mol. The van der Waals surface area contributed by atoms with E-state index in [0.29, 0.717) is 6.61 Å². The summed E-state index contributed by atoms with van der Waals surface area (Å²) in [4.78, 5) is 13.3. The Morgan fingerprint density at radius 1 is 1.19 bits per heavy atom. The molecule has 2 heterocycles. The number of ether oxygens (including phenoxy) is 1. The molecule has 1 fully saturated rings. The highest BCUT2D eigenvalue weighted by atomic mass is 32.2. The van der Waals surface area contributed by atoms with Crippen LogP contribution in [0.15, 0.2) is 52.7 Å². The van der Waals surface area contributed by atoms with Gasteiger partial charge in [0.15, 0.2) is 9.84 Å². The molecule has 2 unspecified atom stereocenters. The van der Waals surface area contributed by atoms with E-state index in [1.54, 1.807) is 36.4 Å². The van der Waals surface area contributed by atoms with Crippen LogP contribution >= 0.6 is 11.3 Å². The first-order valence-electron chi connectivity index (χ1n) is 8.78. The van der Waals surface area contributed by atoms with Gasteiger partial charge >= 0.3 is 0 Å². The molecule has 3 rings (SSSR count). The van der Waals surface area contributed by atoms with Crippen LogP contribution < -0.4 is 5.32 Å². The fourth-order valence-electron chi connectivity index (χ4n) is 3.07. The third kappa shape index (κ3) is 4.72. The summed E-state index contributed by atoms with van der Waals surface area (Å²) in [7, 11) is -3.59. The van der Waals surface area contributed by atoms with E-state index in [9.17, 15) is 13.2 Å². The number of hydrogen-bond acceptors (Lipinski definition) is 5. The fraction of sp³-hybridized carbons (Fsp3) is 0.421. The second-order valence-electron chi connectivity index (χ2n) is 6.36. The Balaban J connectivity index is 1.70. The summed E-state index contributed by atoms with van der Waals surface area (Å²) in [5.74, 6) is -0.165. The third-order valence-corrected chi connectivity index (χ3v) is 7.71. The Morgan fingerprint density at radius 2 is 2.00 bits per heavy atom. The molecule has 1 saturated heterocycles. The van der Waals surface area contributed by atoms with Gasteiger partial charge in [-0.1, -0.05) is 24.3 Å². The standard InChI is InChI=1S/C19H23NO4S2/c21-19(13-15-7-4-5-11-24-15)20-14-18(17-10-6-12-25-17)26(22,23)16-8-2-1-3-9-16/h1-3,6,8-10,12,15,18H,4-5,7,11,13-14H2,(H,20,21). The Morgan fingerprint density at radius 3 is 2.65 bits per heavy atom. The van der Waals surface area contributed by atoms with E-state index in [0.717, 1.165) is 24.1 Å². The maximum Gasteiger partial charge on any atom is 0.222 e. The first-order chi connectivity index (χ1) is 12.6. The summed E-state index contributed by atoms with van der Waals surface area (Å²) in [6.45, 7) is 0.751. The van der Waals surface area contributed by atoms with Crippen molar-refractivity contribution in [2.24, 2.45) is 0 Å². The van der Waals surface area contributed by atoms with Crippen LogP contribution in [0.4, 0.5) is 0 Å². The maximum atomic E-state index is 13.1. The Labute approximate surface area is 158 Å². The van der Waals surface area contributed by atoms with E-state index in [2.05, 4.69) is 5.32 Å². The summed E-state index contributed by atoms with van der Waals surface area (Å²) in [6.07, 6.45) is 3.20. The lowest BCUT2D eigenvalue weighted by Gasteiger charge is -2.23. The average Bonchev–Trinajstić information content (AvgIpc) is 3.17. The molecule has 0 radical (unpaired) electrons. The van der Waals surface area contributed by atoms with Gasteiger partial charge in [-0.3, -0.25) is 4.79 Å². The lowest BCUT2D eigenvalue weighted by Crippen LogP contribution is -2.34. The number of benzene rings is 1. The van der Waals surface area contributed by atoms with Crippen molar-refractivity contribution in [3.8, 4) is 0 Å². The number of carbonyl (C=O) groups excluding carboxylic acids is 1. The van der Waals surface area contributed by atoms with E-state index < -0.39 is 15.1 Å². The Hall–Kier alpha value is -1.70. The quantitative estimate of drug-likeness (QED) is 0.783. The van der Waals surface area contributed by atoms with Crippen LogP contribution in [0.2, 0.25) is 0 Å². The van der Waals surface area contributed by atoms with Gasteiger partial charge in [-0.05, 0) is 42.8 Å². The molecule has 5 nitrogen and oxygen atoms in total. The summed E-state index contributed by atoms with van der Waals surface area (Å²) in [6, 6.07) is 12.0. The Bertz CT molecular complexity index is 797. The van der Waals surface area contributed by atoms with Crippen LogP contribution in [0.25, 0.3) is 0 Å². The van der Waals surface area contributed by atoms with Gasteiger partial charge in [-0.2, -0.15) is 0 Å². The first kappa shape index (κ1) is 19.1. The van der Waals surface area contributed by atoms with Gasteiger partial charge in [0.05, 0.1) is 17.4 Å². The number of rotatable bonds is 7. The highest BCUT2D eigenvalue weighted by Crippen LogP contribution is 2.31. The SMILES string of the molecule is O=C(CC1CCCCO1)NCC(c1cccs1)S(=O)(=O)c1ccccc1. The highest BCUT2D eigenvalue weighted by molar-refractivity contribution is 7.91. The molecule has 0 saturated carbocycles. The molecule has 140 valence electrons. The van der Waals surface area contributed by atoms with E-state index in [4.69, 9.17) is 4.74 Å². The van der Waals surface area contributed by atoms with E-state index >= 15 is 0 Å². The van der Waals surface area contributed by atoms with E-state index in [-0.39, 0.29) is 29.9 Å². The molecule has 1 N–H and O–H groups in total. The topological polar surface area (TPSA) is 72.5 Å². The zero-order chi connectivity index (χ0) is 18.4. The number of thiophene rings is 1. The van der Waals surface area contributed by atoms with Crippen molar-refractivity contribution in [2.75, 3.05) is 13.2 Å². The highest BCUT2D eigenvalue weighted by Gasteiger charge is 2.30. The van der Waals surface area contributed by atoms with Gasteiger partial charge in [0, 0.05) is 18.0 Å². The molecule has 2 atom stereocenters. The van der Waals surface area contributed by atoms with Gasteiger partial charge in [0.25, 0.3) is 0 Å². The first-order valence-corrected chi connectivity index (χ1v) is 11.2. The third-order valence-electron chi connectivity index (χ3n) is 4.48. The molecule has 1 aliphatic rings. The summed E-state index contributed by atoms with van der Waals surface area (Å²) in [5.41, 5.74) is 0. The van der Waals surface area contributed by atoms with Gasteiger partial charge in [-0.15, -0.1) is 11.3 Å². The second kappa shape index (κ2) is 8.79. The second-order valence-corrected chi connectivity index (χ2v) is 9.47. The molecule has 0 aliphatic carbocycles. The van der Waals surface area contributed by atoms with Crippen molar-refractivity contribution in [1.82, 2.24) is 5.32 Å². The van der Waals surface area contributed by atoms with Gasteiger partial charge < -0.3 is 10.1 Å². The molecule has 1 aromatic carbocycles. The lowest BCUT2D eigenvalue weighted by molar-refractivity contribution is -0.124. The normalized spacial score (nSPS) is 19.0. The fourth-order valence-corrected chi connectivity index (χ4v) is 5.87. The van der Waals surface area contributed by atoms with Gasteiger partial charge in [0.1, 0.15) is 5.25 Å². The predicted octanol–water partition coefficient (Wildman–Crippen LogP) is 3.34. The minimum Gasteiger partial charge on any atom is -0.378 e. The van der Waals surface area contributed by atoms with Crippen molar-refractivity contribution in [3.05, 3.63) is 52.7 Å². The van der Waals surface area contributed by atoms with Crippen LogP contribution in [0, 0.1) is 0 Å². The van der Waals surface area contributed by atoms with Crippen LogP contribution in [0.3, 0.4) is 0 Å². The summed E-state index contributed by atoms with van der Waals surface area (Å²) in [5, 5.41) is 3.86. The molecular weight excluding hydrogens is 370 g/mol. The number of amides is 1. The smallest absolute Gasteiger partial charge is 0.222 e. The molecule has 2 aromatic rings. The lowest BCUT2D eigenvalue weighted by atomic mass is 10.1. The Kier molecular flexibility index (Phi) is 6.45. The zero-order valence-electron chi connectivity index (χ0n) is 14.5. The molecule has 7 heteroatoms. The van der Waals surface area contributed by atoms with E-state index in [1.807, 2.05) is 11.4 Å². The molecular formula is C19H23NO4S2. The van der Waals surface area contributed by atoms with Gasteiger partial charge in [-0.25, -0.2) is 8.42 Å². The number of nitrogens with one attached hydrogen (secondary N) is 1. The molecule has 0 spiro atoms. The number of carbonyl (C=O) groups is 1. The number of hydrogen-bond donors (Lipinski definition) is 1. The summed E-state index contributed by atoms with van der Waals surface area (Å²) >= 11 is 1.38. The molecule has 1 aliphatic heterocycles. The molecule has 0 bridgehead atoms. The van der Waals surface area contributed by atoms with Crippen molar-refractivity contribution in [3.63, 3.8) is 0 Å². The summed E-state index contributed by atoms with van der Waals surface area (Å²) < 4.78 is 31.7. The van der Waals surface area contributed by atoms with Crippen molar-refractivity contribution < 1.29 is 17.9 Å². The van der Waals surface area contributed by atoms with Crippen LogP contribution in [-0.2, 0) is 19.4 Å². The van der Waals surface area contributed by atoms with Crippen LogP contribution in [0.5, 0.6) is 0 Å². The zero-order valence-corrected chi connectivity index (χ0v) is 16.1. The van der Waals surface area contributed by atoms with Crippen molar-refractivity contribution in [1.29, 1.82) is 0 Å². The van der Waals surface area contributed by atoms with Crippen molar-refractivity contribution >= 4 is 27.1 Å². The minimum absolute atomic E-state index is 0.0588. The van der Waals surface area contributed by atoms with Crippen LogP contribution in [0.1, 0.15) is 35.8 Å². The van der Waals surface area contributed by atoms with Crippen molar-refractivity contribution in [2.45, 2.75) is 41.9 Å². The molecule has 1 aromatic heterocycles. The predicted molar refractivity (Wildman–Crippen MR) is 102 cm³/mol. The average molecular weight is 394 g/mol. The van der Waals surface area contributed by atoms with Gasteiger partial charge in [0.2, 0.25) is 5.91 Å². The molecule has 26 heavy (non-hydrogen) atoms. The number of sulfone groups is 1. The van der Waals surface area contributed by atoms with Crippen LogP contribution in [-0.4, -0.2) is 33.6 Å². The largest absolute Gasteiger partial charge is 0.378 e. The minimum atomic E-state index is -3.59.